The molecule has 0 bridgehead atoms. The van der Waals surface area contributed by atoms with Gasteiger partial charge in [0, 0.05) is 6.04 Å². The van der Waals surface area contributed by atoms with E-state index in [4.69, 9.17) is 4.42 Å². The van der Waals surface area contributed by atoms with Crippen LogP contribution in [-0.2, 0) is 6.54 Å². The number of rotatable bonds is 4. The fraction of sp³-hybridized carbons (Fsp3) is 0.231. The van der Waals surface area contributed by atoms with Crippen LogP contribution in [0.3, 0.4) is 0 Å². The summed E-state index contributed by atoms with van der Waals surface area (Å²) in [5.41, 5.74) is 1.28. The number of furan rings is 1. The van der Waals surface area contributed by atoms with Crippen LogP contribution in [0.1, 0.15) is 24.3 Å². The first-order chi connectivity index (χ1) is 8.16. The molecule has 0 unspecified atom stereocenters. The summed E-state index contributed by atoms with van der Waals surface area (Å²) in [5, 5.41) is 3.42. The lowest BCUT2D eigenvalue weighted by Crippen LogP contribution is -2.17. The molecule has 2 nitrogen and oxygen atoms in total. The molecule has 0 aliphatic rings. The van der Waals surface area contributed by atoms with Gasteiger partial charge >= 0.3 is 0 Å². The maximum absolute atomic E-state index is 5.51. The minimum atomic E-state index is 0.304. The fourth-order valence-electron chi connectivity index (χ4n) is 1.59. The van der Waals surface area contributed by atoms with Gasteiger partial charge in [-0.25, -0.2) is 0 Å². The molecule has 1 atom stereocenters. The second kappa shape index (κ2) is 5.85. The van der Waals surface area contributed by atoms with E-state index < -0.39 is 0 Å². The average Bonchev–Trinajstić information content (AvgIpc) is 2.67. The Kier molecular flexibility index (Phi) is 4.42. The van der Waals surface area contributed by atoms with Gasteiger partial charge < -0.3 is 9.73 Å². The summed E-state index contributed by atoms with van der Waals surface area (Å²) in [6.45, 7) is 2.85. The molecule has 2 aromatic rings. The Labute approximate surface area is 118 Å². The minimum Gasteiger partial charge on any atom is -0.452 e. The van der Waals surface area contributed by atoms with Gasteiger partial charge in [0.1, 0.15) is 5.76 Å². The molecule has 1 heterocycles. The van der Waals surface area contributed by atoms with Crippen molar-refractivity contribution in [1.29, 1.82) is 0 Å². The lowest BCUT2D eigenvalue weighted by Gasteiger charge is -2.12. The van der Waals surface area contributed by atoms with Crippen molar-refractivity contribution in [2.24, 2.45) is 0 Å². The molecule has 0 saturated heterocycles. The quantitative estimate of drug-likeness (QED) is 0.860. The van der Waals surface area contributed by atoms with Gasteiger partial charge in [0.25, 0.3) is 0 Å². The number of halogens is 2. The zero-order valence-corrected chi connectivity index (χ0v) is 12.6. The van der Waals surface area contributed by atoms with Crippen molar-refractivity contribution in [2.75, 3.05) is 0 Å². The van der Waals surface area contributed by atoms with Crippen LogP contribution in [0.4, 0.5) is 0 Å². The lowest BCUT2D eigenvalue weighted by molar-refractivity contribution is 0.446. The maximum atomic E-state index is 5.51. The van der Waals surface area contributed by atoms with Crippen molar-refractivity contribution in [3.63, 3.8) is 0 Å². The van der Waals surface area contributed by atoms with E-state index in [1.54, 1.807) is 0 Å². The molecule has 0 radical (unpaired) electrons. The molecule has 1 aromatic heterocycles. The molecule has 0 fully saturated rings. The molecule has 17 heavy (non-hydrogen) atoms. The summed E-state index contributed by atoms with van der Waals surface area (Å²) in [6, 6.07) is 12.6. The fourth-order valence-corrected chi connectivity index (χ4v) is 2.25. The number of hydrogen-bond donors (Lipinski definition) is 1. The Balaban J connectivity index is 1.94. The van der Waals surface area contributed by atoms with E-state index >= 15 is 0 Å². The zero-order chi connectivity index (χ0) is 12.3. The van der Waals surface area contributed by atoms with E-state index in [1.165, 1.54) is 5.56 Å². The van der Waals surface area contributed by atoms with Crippen LogP contribution in [0.5, 0.6) is 0 Å². The van der Waals surface area contributed by atoms with Crippen molar-refractivity contribution < 1.29 is 4.42 Å². The zero-order valence-electron chi connectivity index (χ0n) is 9.41. The predicted octanol–water partition coefficient (Wildman–Crippen LogP) is 4.66. The van der Waals surface area contributed by atoms with E-state index in [1.807, 2.05) is 24.3 Å². The Morgan fingerprint density at radius 1 is 1.24 bits per heavy atom. The van der Waals surface area contributed by atoms with E-state index in [0.29, 0.717) is 12.6 Å². The highest BCUT2D eigenvalue weighted by molar-refractivity contribution is 9.13. The SMILES string of the molecule is C[C@H](NCc1cc(Br)c(Br)o1)c1ccccc1. The maximum Gasteiger partial charge on any atom is 0.183 e. The summed E-state index contributed by atoms with van der Waals surface area (Å²) in [4.78, 5) is 0. The summed E-state index contributed by atoms with van der Waals surface area (Å²) >= 11 is 6.73. The normalized spacial score (nSPS) is 12.6. The van der Waals surface area contributed by atoms with Crippen molar-refractivity contribution >= 4 is 31.9 Å². The molecule has 0 saturated carbocycles. The van der Waals surface area contributed by atoms with Gasteiger partial charge in [-0.05, 0) is 50.4 Å². The topological polar surface area (TPSA) is 25.2 Å². The summed E-state index contributed by atoms with van der Waals surface area (Å²) in [7, 11) is 0. The van der Waals surface area contributed by atoms with Crippen LogP contribution < -0.4 is 5.32 Å². The van der Waals surface area contributed by atoms with E-state index in [0.717, 1.165) is 14.9 Å². The largest absolute Gasteiger partial charge is 0.452 e. The van der Waals surface area contributed by atoms with Gasteiger partial charge in [-0.3, -0.25) is 0 Å². The van der Waals surface area contributed by atoms with Gasteiger partial charge in [-0.15, -0.1) is 0 Å². The molecule has 2 rings (SSSR count). The van der Waals surface area contributed by atoms with Crippen LogP contribution in [0.25, 0.3) is 0 Å². The monoisotopic (exact) mass is 357 g/mol. The van der Waals surface area contributed by atoms with Gasteiger partial charge in [0.15, 0.2) is 4.67 Å². The number of benzene rings is 1. The van der Waals surface area contributed by atoms with Crippen LogP contribution in [0.15, 0.2) is 50.0 Å². The predicted molar refractivity (Wildman–Crippen MR) is 75.8 cm³/mol. The highest BCUT2D eigenvalue weighted by Gasteiger charge is 2.08. The molecule has 90 valence electrons. The Morgan fingerprint density at radius 2 is 1.94 bits per heavy atom. The summed E-state index contributed by atoms with van der Waals surface area (Å²) < 4.78 is 7.19. The van der Waals surface area contributed by atoms with E-state index in [-0.39, 0.29) is 0 Å². The first-order valence-corrected chi connectivity index (χ1v) is 6.97. The second-order valence-corrected chi connectivity index (χ2v) is 5.42. The standard InChI is InChI=1S/C13H13Br2NO/c1-9(10-5-3-2-4-6-10)16-8-11-7-12(14)13(15)17-11/h2-7,9,16H,8H2,1H3/t9-/m0/s1. The summed E-state index contributed by atoms with van der Waals surface area (Å²) in [5.74, 6) is 0.909. The van der Waals surface area contributed by atoms with E-state index in [9.17, 15) is 0 Å². The molecule has 1 aromatic carbocycles. The highest BCUT2D eigenvalue weighted by atomic mass is 79.9. The third-order valence-electron chi connectivity index (χ3n) is 2.58. The second-order valence-electron chi connectivity index (χ2n) is 3.85. The van der Waals surface area contributed by atoms with Crippen LogP contribution >= 0.6 is 31.9 Å². The molecule has 0 aliphatic carbocycles. The minimum absolute atomic E-state index is 0.304. The highest BCUT2D eigenvalue weighted by Crippen LogP contribution is 2.27. The molecule has 0 spiro atoms. The first kappa shape index (κ1) is 12.9. The molecular weight excluding hydrogens is 346 g/mol. The third-order valence-corrected chi connectivity index (χ3v) is 4.29. The van der Waals surface area contributed by atoms with Crippen LogP contribution in [0.2, 0.25) is 0 Å². The van der Waals surface area contributed by atoms with Gasteiger partial charge in [-0.2, -0.15) is 0 Å². The summed E-state index contributed by atoms with van der Waals surface area (Å²) in [6.07, 6.45) is 0. The molecule has 4 heteroatoms. The van der Waals surface area contributed by atoms with Crippen molar-refractivity contribution in [3.05, 3.63) is 56.9 Å². The van der Waals surface area contributed by atoms with Crippen molar-refractivity contribution in [3.8, 4) is 0 Å². The average molecular weight is 359 g/mol. The van der Waals surface area contributed by atoms with E-state index in [2.05, 4.69) is 56.2 Å². The Bertz CT molecular complexity index is 462. The first-order valence-electron chi connectivity index (χ1n) is 5.39. The van der Waals surface area contributed by atoms with Crippen LogP contribution in [-0.4, -0.2) is 0 Å². The van der Waals surface area contributed by atoms with Crippen LogP contribution in [0, 0.1) is 0 Å². The van der Waals surface area contributed by atoms with Gasteiger partial charge in [0.2, 0.25) is 0 Å². The number of nitrogens with one attached hydrogen (secondary N) is 1. The molecule has 0 amide bonds. The Hall–Kier alpha value is -0.580. The molecule has 0 aliphatic heterocycles. The third kappa shape index (κ3) is 3.44. The van der Waals surface area contributed by atoms with Gasteiger partial charge in [-0.1, -0.05) is 30.3 Å². The smallest absolute Gasteiger partial charge is 0.183 e. The van der Waals surface area contributed by atoms with Gasteiger partial charge in [0.05, 0.1) is 11.0 Å². The number of hydrogen-bond acceptors (Lipinski definition) is 2. The molecular formula is C13H13Br2NO. The Morgan fingerprint density at radius 3 is 2.53 bits per heavy atom. The lowest BCUT2D eigenvalue weighted by atomic mass is 10.1. The van der Waals surface area contributed by atoms with Crippen molar-refractivity contribution in [1.82, 2.24) is 5.32 Å². The van der Waals surface area contributed by atoms with Crippen molar-refractivity contribution in [2.45, 2.75) is 19.5 Å². The molecule has 1 N–H and O–H groups in total.